The van der Waals surface area contributed by atoms with Crippen LogP contribution in [0.2, 0.25) is 0 Å². The van der Waals surface area contributed by atoms with Crippen molar-refractivity contribution in [2.24, 2.45) is 7.05 Å². The highest BCUT2D eigenvalue weighted by Gasteiger charge is 2.43. The number of nitrogens with zero attached hydrogens (tertiary/aromatic N) is 2. The summed E-state index contributed by atoms with van der Waals surface area (Å²) in [6, 6.07) is 6.93. The van der Waals surface area contributed by atoms with Gasteiger partial charge in [0.1, 0.15) is 11.5 Å². The highest BCUT2D eigenvalue weighted by molar-refractivity contribution is 7.89. The molecule has 0 bridgehead atoms. The molecule has 0 saturated heterocycles. The van der Waals surface area contributed by atoms with Crippen molar-refractivity contribution in [1.29, 1.82) is 5.26 Å². The van der Waals surface area contributed by atoms with E-state index in [0.717, 1.165) is 5.56 Å². The van der Waals surface area contributed by atoms with E-state index >= 15 is 0 Å². The Morgan fingerprint density at radius 1 is 1.53 bits per heavy atom. The van der Waals surface area contributed by atoms with Gasteiger partial charge in [0, 0.05) is 18.9 Å². The maximum Gasteiger partial charge on any atom is 0.276 e. The zero-order valence-electron chi connectivity index (χ0n) is 16.8. The number of rotatable bonds is 4. The molecule has 3 rings (SSSR count). The minimum atomic E-state index is -4.09. The highest BCUT2D eigenvalue weighted by Crippen LogP contribution is 2.35. The van der Waals surface area contributed by atoms with Crippen molar-refractivity contribution in [1.82, 2.24) is 9.29 Å². The van der Waals surface area contributed by atoms with E-state index < -0.39 is 27.6 Å². The molecule has 0 unspecified atom stereocenters. The van der Waals surface area contributed by atoms with Crippen molar-refractivity contribution < 1.29 is 23.1 Å². The van der Waals surface area contributed by atoms with Crippen molar-refractivity contribution in [2.45, 2.75) is 30.4 Å². The average molecular weight is 430 g/mol. The summed E-state index contributed by atoms with van der Waals surface area (Å²) in [6.07, 6.45) is 1.27. The number of hydrogen-bond acceptors (Lipinski definition) is 6. The fourth-order valence-corrected chi connectivity index (χ4v) is 4.80. The molecule has 1 aromatic carbocycles. The normalized spacial score (nSPS) is 20.8. The lowest BCUT2D eigenvalue weighted by Crippen LogP contribution is -2.56. The number of aromatic nitrogens is 1. The molecule has 2 heterocycles. The van der Waals surface area contributed by atoms with E-state index in [1.807, 2.05) is 6.07 Å². The second kappa shape index (κ2) is 7.60. The molecular weight excluding hydrogens is 408 g/mol. The average Bonchev–Trinajstić information content (AvgIpc) is 2.99. The van der Waals surface area contributed by atoms with Crippen LogP contribution in [0.15, 0.2) is 41.9 Å². The summed E-state index contributed by atoms with van der Waals surface area (Å²) in [5.41, 5.74) is 0.197. The third kappa shape index (κ3) is 3.70. The minimum absolute atomic E-state index is 0.00759. The second-order valence-electron chi connectivity index (χ2n) is 7.37. The van der Waals surface area contributed by atoms with Crippen molar-refractivity contribution in [3.63, 3.8) is 0 Å². The quantitative estimate of drug-likeness (QED) is 0.629. The van der Waals surface area contributed by atoms with E-state index in [2.05, 4.69) is 16.6 Å². The zero-order chi connectivity index (χ0) is 22.3. The van der Waals surface area contributed by atoms with E-state index in [9.17, 15) is 23.6 Å². The van der Waals surface area contributed by atoms with Gasteiger partial charge in [-0.3, -0.25) is 4.79 Å². The van der Waals surface area contributed by atoms with Crippen LogP contribution < -0.4 is 14.8 Å². The van der Waals surface area contributed by atoms with Crippen LogP contribution in [0.3, 0.4) is 0 Å². The SMILES string of the molecule is C=C[C@@H](O)[C@@]1(C)COc2c(cn(C)c2C(=O)Nc2ccc(C)c(C#N)c2)S(=O)(=O)N1. The number of aliphatic hydroxyl groups is 1. The first-order valence-electron chi connectivity index (χ1n) is 9.01. The van der Waals surface area contributed by atoms with Crippen LogP contribution in [0.1, 0.15) is 28.5 Å². The Bertz CT molecular complexity index is 1180. The Kier molecular flexibility index (Phi) is 5.47. The lowest BCUT2D eigenvalue weighted by Gasteiger charge is -2.31. The molecule has 0 radical (unpaired) electrons. The van der Waals surface area contributed by atoms with Crippen LogP contribution in [0.25, 0.3) is 0 Å². The molecule has 0 fully saturated rings. The summed E-state index contributed by atoms with van der Waals surface area (Å²) < 4.78 is 35.3. The first kappa shape index (κ1) is 21.6. The van der Waals surface area contributed by atoms with Crippen LogP contribution in [0.5, 0.6) is 5.75 Å². The molecule has 1 aliphatic rings. The number of fused-ring (bicyclic) bond motifs is 1. The number of nitrogens with one attached hydrogen (secondary N) is 2. The number of hydrogen-bond donors (Lipinski definition) is 3. The van der Waals surface area contributed by atoms with E-state index in [0.29, 0.717) is 11.3 Å². The van der Waals surface area contributed by atoms with Crippen molar-refractivity contribution in [3.8, 4) is 11.8 Å². The third-order valence-electron chi connectivity index (χ3n) is 4.98. The van der Waals surface area contributed by atoms with E-state index in [1.54, 1.807) is 19.1 Å². The van der Waals surface area contributed by atoms with E-state index in [-0.39, 0.29) is 22.9 Å². The predicted octanol–water partition coefficient (Wildman–Crippen LogP) is 1.43. The molecule has 30 heavy (non-hydrogen) atoms. The molecule has 2 atom stereocenters. The van der Waals surface area contributed by atoms with Crippen LogP contribution >= 0.6 is 0 Å². The molecule has 1 amide bonds. The summed E-state index contributed by atoms with van der Waals surface area (Å²) in [5, 5.41) is 22.0. The number of aryl methyl sites for hydroxylation is 2. The molecular formula is C20H22N4O5S. The molecule has 0 aliphatic carbocycles. The Hall–Kier alpha value is -3.13. The van der Waals surface area contributed by atoms with Crippen molar-refractivity contribution >= 4 is 21.6 Å². The molecule has 0 spiro atoms. The number of ether oxygens (including phenoxy) is 1. The van der Waals surface area contributed by atoms with Crippen molar-refractivity contribution in [3.05, 3.63) is 53.9 Å². The molecule has 1 aliphatic heterocycles. The van der Waals surface area contributed by atoms with Crippen molar-refractivity contribution in [2.75, 3.05) is 11.9 Å². The molecule has 158 valence electrons. The molecule has 10 heteroatoms. The van der Waals surface area contributed by atoms with Gasteiger partial charge < -0.3 is 19.7 Å². The summed E-state index contributed by atoms with van der Waals surface area (Å²) in [6.45, 7) is 6.53. The summed E-state index contributed by atoms with van der Waals surface area (Å²) in [5.74, 6) is -0.718. The Labute approximate surface area is 174 Å². The van der Waals surface area contributed by atoms with Crippen LogP contribution in [0.4, 0.5) is 5.69 Å². The fourth-order valence-electron chi connectivity index (χ4n) is 3.20. The number of benzene rings is 1. The van der Waals surface area contributed by atoms with Crippen LogP contribution in [-0.2, 0) is 17.1 Å². The Morgan fingerprint density at radius 3 is 2.87 bits per heavy atom. The van der Waals surface area contributed by atoms with Gasteiger partial charge in [-0.1, -0.05) is 12.1 Å². The second-order valence-corrected chi connectivity index (χ2v) is 9.02. The van der Waals surface area contributed by atoms with Gasteiger partial charge in [-0.15, -0.1) is 6.58 Å². The van der Waals surface area contributed by atoms with E-state index in [1.165, 1.54) is 36.9 Å². The monoisotopic (exact) mass is 430 g/mol. The topological polar surface area (TPSA) is 133 Å². The summed E-state index contributed by atoms with van der Waals surface area (Å²) >= 11 is 0. The number of nitriles is 1. The maximum absolute atomic E-state index is 13.0. The molecule has 9 nitrogen and oxygen atoms in total. The predicted molar refractivity (Wildman–Crippen MR) is 110 cm³/mol. The van der Waals surface area contributed by atoms with Crippen LogP contribution in [-0.4, -0.2) is 42.2 Å². The lowest BCUT2D eigenvalue weighted by molar-refractivity contribution is 0.0843. The van der Waals surface area contributed by atoms with Gasteiger partial charge in [-0.25, -0.2) is 8.42 Å². The lowest BCUT2D eigenvalue weighted by atomic mass is 9.97. The number of amides is 1. The fraction of sp³-hybridized carbons (Fsp3) is 0.300. The maximum atomic E-state index is 13.0. The molecule has 1 aromatic heterocycles. The first-order valence-corrected chi connectivity index (χ1v) is 10.5. The third-order valence-corrected chi connectivity index (χ3v) is 6.59. The van der Waals surface area contributed by atoms with Gasteiger partial charge in [0.2, 0.25) is 10.0 Å². The zero-order valence-corrected chi connectivity index (χ0v) is 17.6. The first-order chi connectivity index (χ1) is 14.0. The number of aliphatic hydroxyl groups excluding tert-OH is 1. The van der Waals surface area contributed by atoms with Gasteiger partial charge in [-0.05, 0) is 31.5 Å². The Morgan fingerprint density at radius 2 is 2.23 bits per heavy atom. The largest absolute Gasteiger partial charge is 0.488 e. The number of anilines is 1. The number of carbonyl (C=O) groups is 1. The van der Waals surface area contributed by atoms with Gasteiger partial charge in [0.05, 0.1) is 23.3 Å². The molecule has 0 saturated carbocycles. The minimum Gasteiger partial charge on any atom is -0.488 e. The van der Waals surface area contributed by atoms with Gasteiger partial charge in [-0.2, -0.15) is 9.98 Å². The van der Waals surface area contributed by atoms with Gasteiger partial charge in [0.15, 0.2) is 11.4 Å². The smallest absolute Gasteiger partial charge is 0.276 e. The number of carbonyl (C=O) groups excluding carboxylic acids is 1. The standard InChI is InChI=1S/C20H22N4O5S/c1-5-16(25)20(3)11-29-18-15(30(27,28)23-20)10-24(4)17(18)19(26)22-14-7-6-12(2)13(8-14)9-21/h5-8,10,16,23,25H,1,11H2,2-4H3,(H,22,26)/t16-,20-/m1/s1. The van der Waals surface area contributed by atoms with E-state index in [4.69, 9.17) is 4.74 Å². The number of sulfonamides is 1. The van der Waals surface area contributed by atoms with Gasteiger partial charge >= 0.3 is 0 Å². The molecule has 3 N–H and O–H groups in total. The highest BCUT2D eigenvalue weighted by atomic mass is 32.2. The van der Waals surface area contributed by atoms with Crippen LogP contribution in [0, 0.1) is 18.3 Å². The summed E-state index contributed by atoms with van der Waals surface area (Å²) in [4.78, 5) is 12.7. The van der Waals surface area contributed by atoms with Gasteiger partial charge in [0.25, 0.3) is 5.91 Å². The molecule has 2 aromatic rings. The Balaban J connectivity index is 2.01. The summed E-state index contributed by atoms with van der Waals surface area (Å²) in [7, 11) is -2.57.